The molecule has 6 heteroatoms. The van der Waals surface area contributed by atoms with Crippen LogP contribution in [0.3, 0.4) is 0 Å². The summed E-state index contributed by atoms with van der Waals surface area (Å²) in [6, 6.07) is 9.59. The van der Waals surface area contributed by atoms with E-state index in [4.69, 9.17) is 9.47 Å². The molecule has 0 radical (unpaired) electrons. The van der Waals surface area contributed by atoms with Gasteiger partial charge in [0, 0.05) is 18.4 Å². The van der Waals surface area contributed by atoms with Crippen molar-refractivity contribution in [1.82, 2.24) is 0 Å². The Morgan fingerprint density at radius 2 is 1.74 bits per heavy atom. The Balaban J connectivity index is 2.12. The summed E-state index contributed by atoms with van der Waals surface area (Å²) < 4.78 is 36.5. The highest BCUT2D eigenvalue weighted by Gasteiger charge is 2.10. The molecule has 0 fully saturated rings. The molecule has 0 aliphatic carbocycles. The summed E-state index contributed by atoms with van der Waals surface area (Å²) in [5.74, 6) is -1.20. The second-order valence-electron chi connectivity index (χ2n) is 4.79. The van der Waals surface area contributed by atoms with Crippen molar-refractivity contribution in [2.45, 2.75) is 0 Å². The summed E-state index contributed by atoms with van der Waals surface area (Å²) in [5, 5.41) is 2.66. The number of benzene rings is 2. The van der Waals surface area contributed by atoms with E-state index in [1.54, 1.807) is 0 Å². The van der Waals surface area contributed by atoms with E-state index in [1.165, 1.54) is 49.6 Å². The van der Waals surface area contributed by atoms with Crippen LogP contribution in [-0.2, 0) is 14.3 Å². The van der Waals surface area contributed by atoms with Crippen molar-refractivity contribution in [3.8, 4) is 11.1 Å². The molecule has 0 spiro atoms. The zero-order valence-electron chi connectivity index (χ0n) is 12.6. The van der Waals surface area contributed by atoms with Gasteiger partial charge in [-0.05, 0) is 35.9 Å². The summed E-state index contributed by atoms with van der Waals surface area (Å²) in [7, 11) is 1.54. The summed E-state index contributed by atoms with van der Waals surface area (Å²) in [5.41, 5.74) is 1.50. The molecule has 2 rings (SSSR count). The van der Waals surface area contributed by atoms with Gasteiger partial charge in [-0.15, -0.1) is 0 Å². The molecule has 1 N–H and O–H groups in total. The maximum atomic E-state index is 13.5. The Labute approximate surface area is 133 Å². The molecule has 4 nitrogen and oxygen atoms in total. The van der Waals surface area contributed by atoms with Gasteiger partial charge in [0.15, 0.2) is 0 Å². The molecule has 2 aromatic carbocycles. The fourth-order valence-corrected chi connectivity index (χ4v) is 1.99. The van der Waals surface area contributed by atoms with Crippen LogP contribution in [0, 0.1) is 11.6 Å². The number of methoxy groups -OCH3 is 1. The molecule has 122 valence electrons. The zero-order chi connectivity index (χ0) is 16.7. The number of halogens is 2. The van der Waals surface area contributed by atoms with Gasteiger partial charge in [0.2, 0.25) is 5.91 Å². The van der Waals surface area contributed by atoms with Crippen molar-refractivity contribution in [1.29, 1.82) is 0 Å². The van der Waals surface area contributed by atoms with Crippen LogP contribution in [0.5, 0.6) is 0 Å². The van der Waals surface area contributed by atoms with E-state index in [0.29, 0.717) is 30.0 Å². The van der Waals surface area contributed by atoms with Crippen LogP contribution in [0.1, 0.15) is 0 Å². The minimum Gasteiger partial charge on any atom is -0.382 e. The second kappa shape index (κ2) is 8.36. The SMILES string of the molecule is COCCOCC(=O)Nc1ccc(F)cc1-c1ccc(F)cc1. The molecule has 0 unspecified atom stereocenters. The van der Waals surface area contributed by atoms with Gasteiger partial charge in [-0.1, -0.05) is 12.1 Å². The Hall–Kier alpha value is -2.31. The second-order valence-corrected chi connectivity index (χ2v) is 4.79. The maximum absolute atomic E-state index is 13.5. The smallest absolute Gasteiger partial charge is 0.250 e. The van der Waals surface area contributed by atoms with Gasteiger partial charge < -0.3 is 14.8 Å². The van der Waals surface area contributed by atoms with E-state index in [-0.39, 0.29) is 18.3 Å². The first kappa shape index (κ1) is 17.1. The average molecular weight is 321 g/mol. The highest BCUT2D eigenvalue weighted by molar-refractivity contribution is 5.96. The summed E-state index contributed by atoms with van der Waals surface area (Å²) in [6.45, 7) is 0.562. The van der Waals surface area contributed by atoms with E-state index >= 15 is 0 Å². The molecule has 0 aliphatic rings. The van der Waals surface area contributed by atoms with Gasteiger partial charge in [0.1, 0.15) is 18.2 Å². The van der Waals surface area contributed by atoms with Crippen LogP contribution in [0.4, 0.5) is 14.5 Å². The average Bonchev–Trinajstić information content (AvgIpc) is 2.54. The van der Waals surface area contributed by atoms with Crippen molar-refractivity contribution in [2.24, 2.45) is 0 Å². The Bertz CT molecular complexity index is 659. The Kier molecular flexibility index (Phi) is 6.19. The number of carbonyl (C=O) groups excluding carboxylic acids is 1. The summed E-state index contributed by atoms with van der Waals surface area (Å²) >= 11 is 0. The lowest BCUT2D eigenvalue weighted by molar-refractivity contribution is -0.121. The summed E-state index contributed by atoms with van der Waals surface area (Å²) in [6.07, 6.45) is 0. The quantitative estimate of drug-likeness (QED) is 0.797. The van der Waals surface area contributed by atoms with Gasteiger partial charge in [0.05, 0.1) is 13.2 Å². The van der Waals surface area contributed by atoms with Gasteiger partial charge >= 0.3 is 0 Å². The third kappa shape index (κ3) is 5.12. The molecule has 0 aliphatic heterocycles. The first-order valence-corrected chi connectivity index (χ1v) is 7.02. The molecule has 0 aromatic heterocycles. The number of hydrogen-bond acceptors (Lipinski definition) is 3. The number of carbonyl (C=O) groups is 1. The minimum absolute atomic E-state index is 0.135. The van der Waals surface area contributed by atoms with E-state index in [2.05, 4.69) is 5.32 Å². The van der Waals surface area contributed by atoms with Crippen LogP contribution in [0.2, 0.25) is 0 Å². The van der Waals surface area contributed by atoms with Crippen molar-refractivity contribution in [2.75, 3.05) is 32.2 Å². The molecular weight excluding hydrogens is 304 g/mol. The van der Waals surface area contributed by atoms with Crippen LogP contribution < -0.4 is 5.32 Å². The normalized spacial score (nSPS) is 10.6. The Morgan fingerprint density at radius 1 is 1.04 bits per heavy atom. The lowest BCUT2D eigenvalue weighted by Crippen LogP contribution is -2.20. The molecule has 23 heavy (non-hydrogen) atoms. The first-order chi connectivity index (χ1) is 11.1. The highest BCUT2D eigenvalue weighted by atomic mass is 19.1. The van der Waals surface area contributed by atoms with E-state index in [0.717, 1.165) is 0 Å². The minimum atomic E-state index is -0.446. The van der Waals surface area contributed by atoms with Gasteiger partial charge in [-0.3, -0.25) is 4.79 Å². The standard InChI is InChI=1S/C17H17F2NO3/c1-22-8-9-23-11-17(21)20-16-7-6-14(19)10-15(16)12-2-4-13(18)5-3-12/h2-7,10H,8-9,11H2,1H3,(H,20,21). The number of nitrogens with one attached hydrogen (secondary N) is 1. The lowest BCUT2D eigenvalue weighted by Gasteiger charge is -2.12. The van der Waals surface area contributed by atoms with Crippen LogP contribution in [-0.4, -0.2) is 32.8 Å². The van der Waals surface area contributed by atoms with Crippen molar-refractivity contribution in [3.05, 3.63) is 54.1 Å². The van der Waals surface area contributed by atoms with E-state index < -0.39 is 5.82 Å². The van der Waals surface area contributed by atoms with Crippen LogP contribution in [0.25, 0.3) is 11.1 Å². The third-order valence-electron chi connectivity index (χ3n) is 3.08. The predicted octanol–water partition coefficient (Wildman–Crippen LogP) is 3.23. The largest absolute Gasteiger partial charge is 0.382 e. The molecule has 0 saturated heterocycles. The molecule has 0 saturated carbocycles. The van der Waals surface area contributed by atoms with Gasteiger partial charge in [-0.2, -0.15) is 0 Å². The molecule has 0 heterocycles. The molecule has 1 amide bonds. The molecular formula is C17H17F2NO3. The molecule has 0 bridgehead atoms. The van der Waals surface area contributed by atoms with Crippen LogP contribution in [0.15, 0.2) is 42.5 Å². The van der Waals surface area contributed by atoms with Crippen LogP contribution >= 0.6 is 0 Å². The number of anilines is 1. The first-order valence-electron chi connectivity index (χ1n) is 7.02. The molecule has 2 aromatic rings. The van der Waals surface area contributed by atoms with E-state index in [1.807, 2.05) is 0 Å². The Morgan fingerprint density at radius 3 is 2.43 bits per heavy atom. The van der Waals surface area contributed by atoms with Crippen molar-refractivity contribution < 1.29 is 23.0 Å². The maximum Gasteiger partial charge on any atom is 0.250 e. The molecule has 0 atom stereocenters. The monoisotopic (exact) mass is 321 g/mol. The topological polar surface area (TPSA) is 47.6 Å². The van der Waals surface area contributed by atoms with Crippen molar-refractivity contribution >= 4 is 11.6 Å². The lowest BCUT2D eigenvalue weighted by atomic mass is 10.0. The van der Waals surface area contributed by atoms with Gasteiger partial charge in [0.25, 0.3) is 0 Å². The van der Waals surface area contributed by atoms with Gasteiger partial charge in [-0.25, -0.2) is 8.78 Å². The fourth-order valence-electron chi connectivity index (χ4n) is 1.99. The third-order valence-corrected chi connectivity index (χ3v) is 3.08. The zero-order valence-corrected chi connectivity index (χ0v) is 12.6. The number of amides is 1. The number of hydrogen-bond donors (Lipinski definition) is 1. The number of rotatable bonds is 7. The van der Waals surface area contributed by atoms with E-state index in [9.17, 15) is 13.6 Å². The van der Waals surface area contributed by atoms with Crippen molar-refractivity contribution in [3.63, 3.8) is 0 Å². The fraction of sp³-hybridized carbons (Fsp3) is 0.235. The number of ether oxygens (including phenoxy) is 2. The summed E-state index contributed by atoms with van der Waals surface area (Å²) in [4.78, 5) is 11.9. The predicted molar refractivity (Wildman–Crippen MR) is 83.1 cm³/mol. The highest BCUT2D eigenvalue weighted by Crippen LogP contribution is 2.29.